The number of amidine groups is 1. The molecule has 0 saturated heterocycles. The van der Waals surface area contributed by atoms with Gasteiger partial charge in [-0.25, -0.2) is 4.79 Å². The monoisotopic (exact) mass is 435 g/mol. The predicted octanol–water partition coefficient (Wildman–Crippen LogP) is 5.62. The molecule has 0 radical (unpaired) electrons. The van der Waals surface area contributed by atoms with Gasteiger partial charge in [-0.05, 0) is 52.7 Å². The number of rotatable bonds is 6. The molecule has 1 aromatic heterocycles. The standard InChI is InChI=1S/C27H21N3O3/c28-26(29)19-10-9-18-13-25(27(31)32)30(24(18)14-19)16-20-6-4-5-17-11-12-22(15-23(17)20)33-21-7-2-1-3-8-21/h1-15H,16H2,(H3,28,29)(H,31,32). The van der Waals surface area contributed by atoms with Gasteiger partial charge in [0.2, 0.25) is 0 Å². The Bertz CT molecular complexity index is 1520. The lowest BCUT2D eigenvalue weighted by Gasteiger charge is -2.13. The summed E-state index contributed by atoms with van der Waals surface area (Å²) in [6.45, 7) is 0.346. The highest BCUT2D eigenvalue weighted by molar-refractivity contribution is 6.01. The molecule has 0 amide bonds. The summed E-state index contributed by atoms with van der Waals surface area (Å²) in [4.78, 5) is 12.0. The number of nitrogen functional groups attached to an aromatic ring is 1. The zero-order chi connectivity index (χ0) is 22.9. The summed E-state index contributed by atoms with van der Waals surface area (Å²) in [6.07, 6.45) is 0. The second kappa shape index (κ2) is 8.16. The molecule has 0 aliphatic carbocycles. The fraction of sp³-hybridized carbons (Fsp3) is 0.0370. The molecule has 0 saturated carbocycles. The molecule has 0 aliphatic heterocycles. The van der Waals surface area contributed by atoms with E-state index in [1.807, 2.05) is 66.7 Å². The van der Waals surface area contributed by atoms with Crippen molar-refractivity contribution in [1.29, 1.82) is 5.41 Å². The predicted molar refractivity (Wildman–Crippen MR) is 129 cm³/mol. The number of nitrogens with two attached hydrogens (primary N) is 1. The largest absolute Gasteiger partial charge is 0.477 e. The van der Waals surface area contributed by atoms with Crippen LogP contribution in [-0.4, -0.2) is 21.5 Å². The van der Waals surface area contributed by atoms with Crippen molar-refractivity contribution in [3.8, 4) is 11.5 Å². The number of carbonyl (C=O) groups is 1. The lowest BCUT2D eigenvalue weighted by Crippen LogP contribution is -2.12. The lowest BCUT2D eigenvalue weighted by molar-refractivity contribution is 0.0686. The maximum atomic E-state index is 12.0. The van der Waals surface area contributed by atoms with Gasteiger partial charge in [-0.3, -0.25) is 5.41 Å². The molecule has 0 unspecified atom stereocenters. The number of ether oxygens (including phenoxy) is 1. The molecule has 33 heavy (non-hydrogen) atoms. The van der Waals surface area contributed by atoms with E-state index < -0.39 is 5.97 Å². The van der Waals surface area contributed by atoms with Gasteiger partial charge in [0.1, 0.15) is 23.0 Å². The van der Waals surface area contributed by atoms with E-state index >= 15 is 0 Å². The fourth-order valence-electron chi connectivity index (χ4n) is 4.08. The topological polar surface area (TPSA) is 101 Å². The summed E-state index contributed by atoms with van der Waals surface area (Å²) in [5.41, 5.74) is 8.08. The Labute approximate surface area is 190 Å². The van der Waals surface area contributed by atoms with Crippen molar-refractivity contribution in [1.82, 2.24) is 4.57 Å². The highest BCUT2D eigenvalue weighted by Gasteiger charge is 2.17. The lowest BCUT2D eigenvalue weighted by atomic mass is 10.0. The van der Waals surface area contributed by atoms with E-state index in [1.54, 1.807) is 28.8 Å². The third kappa shape index (κ3) is 3.90. The Kier molecular flexibility index (Phi) is 5.03. The summed E-state index contributed by atoms with van der Waals surface area (Å²) in [6, 6.07) is 28.4. The fourth-order valence-corrected chi connectivity index (χ4v) is 4.08. The van der Waals surface area contributed by atoms with Gasteiger partial charge in [0.25, 0.3) is 0 Å². The van der Waals surface area contributed by atoms with Crippen LogP contribution in [0.3, 0.4) is 0 Å². The Morgan fingerprint density at radius 3 is 2.42 bits per heavy atom. The second-order valence-corrected chi connectivity index (χ2v) is 7.82. The molecule has 1 heterocycles. The molecule has 0 spiro atoms. The van der Waals surface area contributed by atoms with Gasteiger partial charge in [0, 0.05) is 23.0 Å². The normalized spacial score (nSPS) is 11.0. The quantitative estimate of drug-likeness (QED) is 0.238. The number of hydrogen-bond acceptors (Lipinski definition) is 3. The van der Waals surface area contributed by atoms with Gasteiger partial charge in [0.05, 0.1) is 0 Å². The number of carboxylic acids is 1. The Hall–Kier alpha value is -4.58. The van der Waals surface area contributed by atoms with E-state index in [4.69, 9.17) is 15.9 Å². The zero-order valence-corrected chi connectivity index (χ0v) is 17.7. The maximum absolute atomic E-state index is 12.0. The molecule has 0 atom stereocenters. The van der Waals surface area contributed by atoms with Crippen molar-refractivity contribution in [3.63, 3.8) is 0 Å². The molecule has 0 aliphatic rings. The molecule has 4 N–H and O–H groups in total. The van der Waals surface area contributed by atoms with Crippen LogP contribution in [0.25, 0.3) is 21.7 Å². The highest BCUT2D eigenvalue weighted by atomic mass is 16.5. The molecular formula is C27H21N3O3. The first-order chi connectivity index (χ1) is 16.0. The summed E-state index contributed by atoms with van der Waals surface area (Å²) >= 11 is 0. The number of hydrogen-bond donors (Lipinski definition) is 3. The summed E-state index contributed by atoms with van der Waals surface area (Å²) < 4.78 is 7.77. The minimum atomic E-state index is -1.01. The zero-order valence-electron chi connectivity index (χ0n) is 17.7. The molecule has 162 valence electrons. The van der Waals surface area contributed by atoms with Crippen molar-refractivity contribution < 1.29 is 14.6 Å². The van der Waals surface area contributed by atoms with Gasteiger partial charge in [-0.2, -0.15) is 0 Å². The van der Waals surface area contributed by atoms with Crippen LogP contribution in [0, 0.1) is 5.41 Å². The SMILES string of the molecule is N=C(N)c1ccc2cc(C(=O)O)n(Cc3cccc4ccc(Oc5ccccc5)cc34)c2c1. The average Bonchev–Trinajstić information content (AvgIpc) is 3.18. The Morgan fingerprint density at radius 2 is 1.67 bits per heavy atom. The first-order valence-corrected chi connectivity index (χ1v) is 10.4. The van der Waals surface area contributed by atoms with E-state index in [1.165, 1.54) is 0 Å². The number of carboxylic acid groups (broad SMARTS) is 1. The molecule has 4 aromatic carbocycles. The number of aromatic nitrogens is 1. The van der Waals surface area contributed by atoms with Crippen LogP contribution in [0.1, 0.15) is 21.6 Å². The van der Waals surface area contributed by atoms with Crippen molar-refractivity contribution in [2.75, 3.05) is 0 Å². The van der Waals surface area contributed by atoms with E-state index in [-0.39, 0.29) is 11.5 Å². The molecule has 6 heteroatoms. The van der Waals surface area contributed by atoms with Gasteiger partial charge >= 0.3 is 5.97 Å². The number of benzene rings is 4. The number of nitrogens with one attached hydrogen (secondary N) is 1. The summed E-state index contributed by atoms with van der Waals surface area (Å²) in [5, 5.41) is 20.4. The third-order valence-electron chi connectivity index (χ3n) is 5.69. The van der Waals surface area contributed by atoms with Crippen LogP contribution in [0.15, 0.2) is 91.0 Å². The van der Waals surface area contributed by atoms with Crippen molar-refractivity contribution in [2.45, 2.75) is 6.54 Å². The van der Waals surface area contributed by atoms with Gasteiger partial charge in [0.15, 0.2) is 0 Å². The van der Waals surface area contributed by atoms with Crippen LogP contribution in [-0.2, 0) is 6.54 Å². The second-order valence-electron chi connectivity index (χ2n) is 7.82. The molecule has 0 fully saturated rings. The van der Waals surface area contributed by atoms with Gasteiger partial charge in [-0.15, -0.1) is 0 Å². The molecule has 0 bridgehead atoms. The molecular weight excluding hydrogens is 414 g/mol. The first kappa shape index (κ1) is 20.3. The highest BCUT2D eigenvalue weighted by Crippen LogP contribution is 2.30. The van der Waals surface area contributed by atoms with Crippen LogP contribution < -0.4 is 10.5 Å². The minimum absolute atomic E-state index is 0.0608. The Morgan fingerprint density at radius 1 is 0.879 bits per heavy atom. The van der Waals surface area contributed by atoms with E-state index in [0.717, 1.165) is 27.5 Å². The molecule has 5 aromatic rings. The van der Waals surface area contributed by atoms with E-state index in [9.17, 15) is 9.90 Å². The van der Waals surface area contributed by atoms with Gasteiger partial charge < -0.3 is 20.1 Å². The molecule has 5 rings (SSSR count). The first-order valence-electron chi connectivity index (χ1n) is 10.4. The number of aromatic carboxylic acids is 1. The third-order valence-corrected chi connectivity index (χ3v) is 5.69. The summed E-state index contributed by atoms with van der Waals surface area (Å²) in [5.74, 6) is 0.379. The number of nitrogens with zero attached hydrogens (tertiary/aromatic N) is 1. The smallest absolute Gasteiger partial charge is 0.352 e. The van der Waals surface area contributed by atoms with Crippen LogP contribution in [0.5, 0.6) is 11.5 Å². The number of fused-ring (bicyclic) bond motifs is 2. The van der Waals surface area contributed by atoms with Gasteiger partial charge in [-0.1, -0.05) is 54.6 Å². The van der Waals surface area contributed by atoms with Crippen LogP contribution in [0.4, 0.5) is 0 Å². The van der Waals surface area contributed by atoms with Crippen molar-refractivity contribution in [2.24, 2.45) is 5.73 Å². The van der Waals surface area contributed by atoms with Crippen LogP contribution >= 0.6 is 0 Å². The van der Waals surface area contributed by atoms with E-state index in [0.29, 0.717) is 23.4 Å². The number of para-hydroxylation sites is 1. The van der Waals surface area contributed by atoms with Crippen molar-refractivity contribution in [3.05, 3.63) is 108 Å². The minimum Gasteiger partial charge on any atom is -0.477 e. The maximum Gasteiger partial charge on any atom is 0.352 e. The average molecular weight is 435 g/mol. The van der Waals surface area contributed by atoms with Crippen molar-refractivity contribution >= 4 is 33.5 Å². The van der Waals surface area contributed by atoms with Crippen LogP contribution in [0.2, 0.25) is 0 Å². The van der Waals surface area contributed by atoms with E-state index in [2.05, 4.69) is 0 Å². The molecule has 6 nitrogen and oxygen atoms in total. The Balaban J connectivity index is 1.62. The summed E-state index contributed by atoms with van der Waals surface area (Å²) in [7, 11) is 0.